The molecule has 4 heterocycles. The Balaban J connectivity index is 0.000000258. The van der Waals surface area contributed by atoms with Crippen LogP contribution in [0.4, 0.5) is 59.0 Å². The van der Waals surface area contributed by atoms with E-state index in [9.17, 15) is 49.9 Å². The molecule has 4 fully saturated rings. The molecule has 0 radical (unpaired) electrons. The molecule has 5 N–H and O–H groups in total. The third-order valence-corrected chi connectivity index (χ3v) is 14.6. The number of hydrogen-bond donors (Lipinski definition) is 4. The van der Waals surface area contributed by atoms with Crippen LogP contribution in [0.3, 0.4) is 0 Å². The fourth-order valence-corrected chi connectivity index (χ4v) is 9.70. The zero-order chi connectivity index (χ0) is 69.7. The lowest BCUT2D eigenvalue weighted by atomic mass is 10.1. The standard InChI is InChI=1S/C21H24N4O2.C14H16N4O4.C14H18N4O2.C7H3ClN2O2.C7H14N2O2.C2H6O/c1-2-27-21(26)25-12-10-24(11-13-25)20-9-8-19(14-18(20)15-22)23-16-17-6-4-3-5-7-17;1-2-22-14(19)17-7-5-16(6-8-17)13-4-3-12(18(20)21)9-11(13)10-15;1-2-20-14(19)18-7-5-17(6-8-18)13-4-3-12(16)9-11(13)10-15;8-7-2-1-6(10(11)12)3-5(7)4-9;1-2-11-7(10)9-5-3-8-4-6-9;1-2-3/h3-9,14,23H,2,10-13,16H2,1H3;3-4,9H,2,5-8H2,1H3;3-4,9H,2,5-8,16H2,1H3;1-3H;8H,2-6H2,1H3;3H,2H2,1H3. The summed E-state index contributed by atoms with van der Waals surface area (Å²) in [6.07, 6.45) is -1.07. The van der Waals surface area contributed by atoms with Crippen molar-refractivity contribution < 1.29 is 53.1 Å². The van der Waals surface area contributed by atoms with Crippen LogP contribution in [-0.4, -0.2) is 197 Å². The van der Waals surface area contributed by atoms with Crippen molar-refractivity contribution in [3.8, 4) is 24.3 Å². The largest absolute Gasteiger partial charge is 0.450 e. The lowest BCUT2D eigenvalue weighted by molar-refractivity contribution is -0.385. The van der Waals surface area contributed by atoms with Crippen molar-refractivity contribution in [3.05, 3.63) is 156 Å². The molecule has 4 aliphatic rings. The number of hydrogen-bond acceptors (Lipinski definition) is 23. The second-order valence-electron chi connectivity index (χ2n) is 20.4. The number of anilines is 5. The minimum absolute atomic E-state index is 0.106. The Kier molecular flexibility index (Phi) is 33.5. The van der Waals surface area contributed by atoms with Gasteiger partial charge in [0, 0.05) is 154 Å². The summed E-state index contributed by atoms with van der Waals surface area (Å²) in [6.45, 7) is 21.8. The molecule has 0 atom stereocenters. The Morgan fingerprint density at radius 1 is 0.516 bits per heavy atom. The molecule has 4 aliphatic heterocycles. The van der Waals surface area contributed by atoms with E-state index in [1.807, 2.05) is 60.4 Å². The number of aliphatic hydroxyl groups excluding tert-OH is 1. The molecule has 4 amide bonds. The molecule has 0 aromatic heterocycles. The number of nitro benzene ring substituents is 2. The number of carbonyl (C=O) groups is 4. The van der Waals surface area contributed by atoms with Gasteiger partial charge in [-0.2, -0.15) is 21.0 Å². The quantitative estimate of drug-likeness (QED) is 0.0392. The monoisotopic (exact) mass is 1330 g/mol. The predicted molar refractivity (Wildman–Crippen MR) is 358 cm³/mol. The second kappa shape index (κ2) is 41.6. The fourth-order valence-electron chi connectivity index (χ4n) is 9.54. The highest BCUT2D eigenvalue weighted by Crippen LogP contribution is 2.29. The maximum Gasteiger partial charge on any atom is 0.409 e. The first-order valence-electron chi connectivity index (χ1n) is 30.7. The Bertz CT molecular complexity index is 3480. The number of piperazine rings is 4. The molecule has 9 rings (SSSR count). The summed E-state index contributed by atoms with van der Waals surface area (Å²) >= 11 is 5.56. The van der Waals surface area contributed by atoms with E-state index < -0.39 is 9.85 Å². The molecule has 29 nitrogen and oxygen atoms in total. The van der Waals surface area contributed by atoms with Crippen LogP contribution >= 0.6 is 11.6 Å². The normalized spacial score (nSPS) is 13.8. The summed E-state index contributed by atoms with van der Waals surface area (Å²) in [6, 6.07) is 37.5. The van der Waals surface area contributed by atoms with Gasteiger partial charge in [-0.25, -0.2) is 19.2 Å². The smallest absolute Gasteiger partial charge is 0.409 e. The van der Waals surface area contributed by atoms with E-state index in [4.69, 9.17) is 51.9 Å². The van der Waals surface area contributed by atoms with Gasteiger partial charge in [-0.15, -0.1) is 0 Å². The van der Waals surface area contributed by atoms with Gasteiger partial charge in [0.1, 0.15) is 24.3 Å². The number of amides is 4. The van der Waals surface area contributed by atoms with Gasteiger partial charge < -0.3 is 74.7 Å². The molecule has 0 aliphatic carbocycles. The molecule has 5 aromatic rings. The third kappa shape index (κ3) is 24.9. The average Bonchev–Trinajstić information content (AvgIpc) is 0.864. The highest BCUT2D eigenvalue weighted by Gasteiger charge is 2.27. The number of benzene rings is 5. The molecule has 0 saturated carbocycles. The van der Waals surface area contributed by atoms with E-state index in [-0.39, 0.29) is 58.5 Å². The van der Waals surface area contributed by atoms with Crippen molar-refractivity contribution in [2.24, 2.45) is 0 Å². The van der Waals surface area contributed by atoms with Crippen LogP contribution in [0.15, 0.2) is 103 Å². The maximum absolute atomic E-state index is 11.8. The first kappa shape index (κ1) is 76.6. The Labute approximate surface area is 557 Å². The lowest BCUT2D eigenvalue weighted by Gasteiger charge is -2.35. The zero-order valence-electron chi connectivity index (χ0n) is 54.0. The predicted octanol–water partition coefficient (Wildman–Crippen LogP) is 8.78. The fraction of sp³-hybridized carbons (Fsp3) is 0.415. The second-order valence-corrected chi connectivity index (χ2v) is 20.9. The van der Waals surface area contributed by atoms with E-state index >= 15 is 0 Å². The molecule has 0 bridgehead atoms. The Hall–Kier alpha value is -10.8. The summed E-state index contributed by atoms with van der Waals surface area (Å²) in [4.78, 5) is 79.0. The van der Waals surface area contributed by atoms with Crippen LogP contribution in [0.1, 0.15) is 62.4 Å². The van der Waals surface area contributed by atoms with Crippen molar-refractivity contribution >= 4 is 75.8 Å². The molecular weight excluding hydrogens is 1250 g/mol. The number of ether oxygens (including phenoxy) is 4. The molecule has 5 aromatic carbocycles. The number of nitro groups is 2. The third-order valence-electron chi connectivity index (χ3n) is 14.3. The number of halogens is 1. The van der Waals surface area contributed by atoms with Gasteiger partial charge in [0.05, 0.1) is 80.6 Å². The SMILES string of the molecule is CCO.CCOC(=O)N1CCN(c2ccc(N)cc2C#N)CC1.CCOC(=O)N1CCN(c2ccc(NCc3ccccc3)cc2C#N)CC1.CCOC(=O)N1CCN(c2ccc([N+](=O)[O-])cc2C#N)CC1.CCOC(=O)N1CCNCC1.N#Cc1cc([N+](=O)[O-])ccc1Cl. The van der Waals surface area contributed by atoms with Crippen molar-refractivity contribution in [1.82, 2.24) is 24.9 Å². The Morgan fingerprint density at radius 3 is 1.25 bits per heavy atom. The van der Waals surface area contributed by atoms with Gasteiger partial charge in [0.2, 0.25) is 0 Å². The number of nitrogens with one attached hydrogen (secondary N) is 2. The lowest BCUT2D eigenvalue weighted by Crippen LogP contribution is -2.49. The van der Waals surface area contributed by atoms with Crippen LogP contribution in [0.2, 0.25) is 5.02 Å². The highest BCUT2D eigenvalue weighted by molar-refractivity contribution is 6.31. The molecule has 0 unspecified atom stereocenters. The van der Waals surface area contributed by atoms with Crippen molar-refractivity contribution in [2.45, 2.75) is 41.2 Å². The van der Waals surface area contributed by atoms with Crippen LogP contribution in [0.25, 0.3) is 0 Å². The van der Waals surface area contributed by atoms with Gasteiger partial charge in [0.15, 0.2) is 0 Å². The van der Waals surface area contributed by atoms with Crippen LogP contribution < -0.4 is 31.1 Å². The molecule has 506 valence electrons. The summed E-state index contributed by atoms with van der Waals surface area (Å²) in [5, 5.41) is 71.7. The van der Waals surface area contributed by atoms with Gasteiger partial charge in [-0.1, -0.05) is 41.9 Å². The van der Waals surface area contributed by atoms with Crippen molar-refractivity contribution in [3.63, 3.8) is 0 Å². The summed E-state index contributed by atoms with van der Waals surface area (Å²) < 4.78 is 19.8. The van der Waals surface area contributed by atoms with Crippen LogP contribution in [-0.2, 0) is 25.5 Å². The topological polar surface area (TPSA) is 380 Å². The number of carbonyl (C=O) groups excluding carboxylic acids is 4. The van der Waals surface area contributed by atoms with Crippen molar-refractivity contribution in [2.75, 3.05) is 164 Å². The molecule has 30 heteroatoms. The van der Waals surface area contributed by atoms with Gasteiger partial charge >= 0.3 is 24.4 Å². The number of nitrogens with zero attached hydrogens (tertiary/aromatic N) is 13. The van der Waals surface area contributed by atoms with Crippen LogP contribution in [0, 0.1) is 65.6 Å². The summed E-state index contributed by atoms with van der Waals surface area (Å²) in [7, 11) is 0. The van der Waals surface area contributed by atoms with E-state index in [2.05, 4.69) is 44.7 Å². The highest BCUT2D eigenvalue weighted by atomic mass is 35.5. The van der Waals surface area contributed by atoms with E-state index in [0.717, 1.165) is 49.3 Å². The number of aliphatic hydroxyl groups is 1. The number of non-ortho nitro benzene ring substituents is 2. The minimum atomic E-state index is -0.572. The molecular formula is C65H81ClN16O13. The number of nitrogen functional groups attached to an aromatic ring is 1. The van der Waals surface area contributed by atoms with Gasteiger partial charge in [-0.05, 0) is 88.7 Å². The van der Waals surface area contributed by atoms with Crippen molar-refractivity contribution in [1.29, 1.82) is 21.0 Å². The summed E-state index contributed by atoms with van der Waals surface area (Å²) in [5.74, 6) is 0. The average molecular weight is 1330 g/mol. The Morgan fingerprint density at radius 2 is 0.863 bits per heavy atom. The van der Waals surface area contributed by atoms with E-state index in [0.29, 0.717) is 134 Å². The van der Waals surface area contributed by atoms with Crippen LogP contribution in [0.5, 0.6) is 0 Å². The molecule has 95 heavy (non-hydrogen) atoms. The van der Waals surface area contributed by atoms with Gasteiger partial charge in [0.25, 0.3) is 11.4 Å². The summed E-state index contributed by atoms with van der Waals surface area (Å²) in [5.41, 5.74) is 12.1. The number of rotatable bonds is 12. The van der Waals surface area contributed by atoms with E-state index in [1.165, 1.54) is 29.8 Å². The number of nitrogens with two attached hydrogens (primary N) is 1. The minimum Gasteiger partial charge on any atom is -0.450 e. The van der Waals surface area contributed by atoms with E-state index in [1.54, 1.807) is 71.6 Å². The number of nitriles is 4. The van der Waals surface area contributed by atoms with Gasteiger partial charge in [-0.3, -0.25) is 20.2 Å². The first-order valence-corrected chi connectivity index (χ1v) is 31.1. The molecule has 0 spiro atoms. The first-order chi connectivity index (χ1) is 45.8. The molecule has 4 saturated heterocycles. The maximum atomic E-state index is 11.8. The zero-order valence-corrected chi connectivity index (χ0v) is 54.7.